The van der Waals surface area contributed by atoms with Gasteiger partial charge in [0.25, 0.3) is 5.91 Å². The monoisotopic (exact) mass is 483 g/mol. The zero-order chi connectivity index (χ0) is 22.8. The van der Waals surface area contributed by atoms with Crippen LogP contribution in [0.5, 0.6) is 0 Å². The highest BCUT2D eigenvalue weighted by atomic mass is 35.5. The minimum absolute atomic E-state index is 0.0147. The van der Waals surface area contributed by atoms with Crippen LogP contribution in [0.1, 0.15) is 55.1 Å². The number of benzene rings is 2. The van der Waals surface area contributed by atoms with E-state index in [2.05, 4.69) is 15.4 Å². The Labute approximate surface area is 191 Å². The summed E-state index contributed by atoms with van der Waals surface area (Å²) in [5.74, 6) is -0.617. The number of hydrogen-bond acceptors (Lipinski definition) is 4. The van der Waals surface area contributed by atoms with Crippen molar-refractivity contribution in [2.45, 2.75) is 50.1 Å². The maximum Gasteiger partial charge on any atom is 0.253 e. The van der Waals surface area contributed by atoms with Crippen molar-refractivity contribution in [2.24, 2.45) is 0 Å². The van der Waals surface area contributed by atoms with Gasteiger partial charge < -0.3 is 10.6 Å². The Morgan fingerprint density at radius 3 is 2.32 bits per heavy atom. The van der Waals surface area contributed by atoms with E-state index in [0.29, 0.717) is 12.1 Å². The molecule has 0 radical (unpaired) electrons. The summed E-state index contributed by atoms with van der Waals surface area (Å²) in [5.41, 5.74) is 1.48. The highest BCUT2D eigenvalue weighted by Crippen LogP contribution is 2.31. The van der Waals surface area contributed by atoms with Gasteiger partial charge in [0.2, 0.25) is 15.9 Å². The van der Waals surface area contributed by atoms with Crippen LogP contribution in [-0.2, 0) is 14.8 Å². The van der Waals surface area contributed by atoms with E-state index in [9.17, 15) is 18.0 Å². The Morgan fingerprint density at radius 2 is 1.74 bits per heavy atom. The molecule has 7 nitrogen and oxygen atoms in total. The molecule has 2 aromatic carbocycles. The van der Waals surface area contributed by atoms with Crippen molar-refractivity contribution >= 4 is 50.7 Å². The summed E-state index contributed by atoms with van der Waals surface area (Å²) in [4.78, 5) is 24.1. The maximum absolute atomic E-state index is 12.8. The first-order valence-electron chi connectivity index (χ1n) is 9.82. The third-order valence-electron chi connectivity index (χ3n) is 4.82. The van der Waals surface area contributed by atoms with E-state index in [1.54, 1.807) is 38.1 Å². The minimum Gasteiger partial charge on any atom is -0.345 e. The second-order valence-electron chi connectivity index (χ2n) is 7.38. The van der Waals surface area contributed by atoms with E-state index in [0.717, 1.165) is 18.4 Å². The molecule has 3 N–H and O–H groups in total. The SMILES string of the molecule is CCC(=O)Nc1ccc(C(C)NC(=O)c2cc(S(=O)(=O)NC3CC3)c(Cl)cc2Cl)cc1. The Kier molecular flexibility index (Phi) is 7.26. The van der Waals surface area contributed by atoms with Crippen LogP contribution in [-0.4, -0.2) is 26.3 Å². The van der Waals surface area contributed by atoms with Crippen LogP contribution in [0.2, 0.25) is 10.0 Å². The number of carbonyl (C=O) groups excluding carboxylic acids is 2. The number of halogens is 2. The first-order chi connectivity index (χ1) is 14.6. The maximum atomic E-state index is 12.8. The fourth-order valence-electron chi connectivity index (χ4n) is 2.86. The highest BCUT2D eigenvalue weighted by Gasteiger charge is 2.30. The summed E-state index contributed by atoms with van der Waals surface area (Å²) in [6.07, 6.45) is 1.93. The molecule has 3 rings (SSSR count). The molecule has 0 spiro atoms. The molecule has 0 saturated heterocycles. The van der Waals surface area contributed by atoms with Gasteiger partial charge >= 0.3 is 0 Å². The average molecular weight is 484 g/mol. The van der Waals surface area contributed by atoms with Crippen molar-refractivity contribution in [3.8, 4) is 0 Å². The third-order valence-corrected chi connectivity index (χ3v) is 7.12. The standard InChI is InChI=1S/C21H23Cl2N3O4S/c1-3-20(27)25-14-6-4-13(5-7-14)12(2)24-21(28)16-10-19(18(23)11-17(16)22)31(29,30)26-15-8-9-15/h4-7,10-12,15,26H,3,8-9H2,1-2H3,(H,24,28)(H,25,27). The number of hydrogen-bond donors (Lipinski definition) is 3. The Morgan fingerprint density at radius 1 is 1.10 bits per heavy atom. The molecule has 1 aliphatic rings. The van der Waals surface area contributed by atoms with Crippen molar-refractivity contribution in [1.82, 2.24) is 10.0 Å². The number of nitrogens with one attached hydrogen (secondary N) is 3. The second-order valence-corrected chi connectivity index (χ2v) is 9.87. The van der Waals surface area contributed by atoms with E-state index < -0.39 is 15.9 Å². The predicted molar refractivity (Wildman–Crippen MR) is 121 cm³/mol. The number of sulfonamides is 1. The van der Waals surface area contributed by atoms with E-state index >= 15 is 0 Å². The van der Waals surface area contributed by atoms with Gasteiger partial charge in [0, 0.05) is 18.2 Å². The molecule has 31 heavy (non-hydrogen) atoms. The molecule has 0 heterocycles. The lowest BCUT2D eigenvalue weighted by Gasteiger charge is -2.17. The fourth-order valence-corrected chi connectivity index (χ4v) is 5.02. The van der Waals surface area contributed by atoms with Crippen LogP contribution in [0.3, 0.4) is 0 Å². The molecule has 0 aromatic heterocycles. The molecular formula is C21H23Cl2N3O4S. The van der Waals surface area contributed by atoms with Gasteiger partial charge in [-0.1, -0.05) is 42.3 Å². The van der Waals surface area contributed by atoms with Crippen molar-refractivity contribution in [2.75, 3.05) is 5.32 Å². The predicted octanol–water partition coefficient (Wildman–Crippen LogP) is 4.27. The largest absolute Gasteiger partial charge is 0.345 e. The molecule has 1 saturated carbocycles. The highest BCUT2D eigenvalue weighted by molar-refractivity contribution is 7.89. The molecule has 1 unspecified atom stereocenters. The Bertz CT molecular complexity index is 1100. The van der Waals surface area contributed by atoms with E-state index in [1.165, 1.54) is 12.1 Å². The quantitative estimate of drug-likeness (QED) is 0.521. The van der Waals surface area contributed by atoms with Gasteiger partial charge in [0.15, 0.2) is 0 Å². The summed E-state index contributed by atoms with van der Waals surface area (Å²) in [5, 5.41) is 5.57. The van der Waals surface area contributed by atoms with Gasteiger partial charge in [-0.2, -0.15) is 0 Å². The number of carbonyl (C=O) groups is 2. The second kappa shape index (κ2) is 9.56. The number of amides is 2. The lowest BCUT2D eigenvalue weighted by molar-refractivity contribution is -0.115. The van der Waals surface area contributed by atoms with Gasteiger partial charge in [-0.3, -0.25) is 9.59 Å². The first kappa shape index (κ1) is 23.5. The molecule has 0 bridgehead atoms. The van der Waals surface area contributed by atoms with Crippen LogP contribution in [0.25, 0.3) is 0 Å². The van der Waals surface area contributed by atoms with E-state index in [-0.39, 0.29) is 38.5 Å². The van der Waals surface area contributed by atoms with Crippen LogP contribution >= 0.6 is 23.2 Å². The van der Waals surface area contributed by atoms with Crippen molar-refractivity contribution in [3.05, 3.63) is 57.6 Å². The smallest absolute Gasteiger partial charge is 0.253 e. The normalized spacial score (nSPS) is 14.7. The van der Waals surface area contributed by atoms with E-state index in [1.807, 2.05) is 0 Å². The van der Waals surface area contributed by atoms with Crippen molar-refractivity contribution in [1.29, 1.82) is 0 Å². The van der Waals surface area contributed by atoms with Gasteiger partial charge in [0.05, 0.1) is 21.7 Å². The molecular weight excluding hydrogens is 461 g/mol. The fraction of sp³-hybridized carbons (Fsp3) is 0.333. The molecule has 1 aliphatic carbocycles. The minimum atomic E-state index is -3.85. The molecule has 2 aromatic rings. The lowest BCUT2D eigenvalue weighted by Crippen LogP contribution is -2.29. The Balaban J connectivity index is 1.76. The average Bonchev–Trinajstić information content (AvgIpc) is 3.51. The van der Waals surface area contributed by atoms with Crippen LogP contribution in [0, 0.1) is 0 Å². The van der Waals surface area contributed by atoms with Crippen molar-refractivity contribution < 1.29 is 18.0 Å². The van der Waals surface area contributed by atoms with Crippen LogP contribution in [0.4, 0.5) is 5.69 Å². The molecule has 2 amide bonds. The third kappa shape index (κ3) is 5.98. The number of rotatable bonds is 8. The summed E-state index contributed by atoms with van der Waals surface area (Å²) in [6, 6.07) is 9.03. The zero-order valence-electron chi connectivity index (χ0n) is 17.0. The van der Waals surface area contributed by atoms with Crippen molar-refractivity contribution in [3.63, 3.8) is 0 Å². The number of anilines is 1. The molecule has 1 fully saturated rings. The first-order valence-corrected chi connectivity index (χ1v) is 12.1. The van der Waals surface area contributed by atoms with Crippen LogP contribution in [0.15, 0.2) is 41.3 Å². The lowest BCUT2D eigenvalue weighted by atomic mass is 10.1. The van der Waals surface area contributed by atoms with E-state index in [4.69, 9.17) is 23.2 Å². The molecule has 0 aliphatic heterocycles. The summed E-state index contributed by atoms with van der Waals surface area (Å²) >= 11 is 12.3. The topological polar surface area (TPSA) is 104 Å². The molecule has 166 valence electrons. The summed E-state index contributed by atoms with van der Waals surface area (Å²) in [7, 11) is -3.85. The Hall–Kier alpha value is -2.13. The van der Waals surface area contributed by atoms with Gasteiger partial charge in [-0.25, -0.2) is 13.1 Å². The summed E-state index contributed by atoms with van der Waals surface area (Å²) in [6.45, 7) is 3.55. The molecule has 1 atom stereocenters. The molecule has 10 heteroatoms. The van der Waals surface area contributed by atoms with Gasteiger partial charge in [-0.15, -0.1) is 0 Å². The summed E-state index contributed by atoms with van der Waals surface area (Å²) < 4.78 is 27.7. The zero-order valence-corrected chi connectivity index (χ0v) is 19.4. The van der Waals surface area contributed by atoms with Crippen LogP contribution < -0.4 is 15.4 Å². The van der Waals surface area contributed by atoms with Gasteiger partial charge in [-0.05, 0) is 49.6 Å². The van der Waals surface area contributed by atoms with Gasteiger partial charge in [0.1, 0.15) is 4.90 Å².